The van der Waals surface area contributed by atoms with Crippen LogP contribution in [0.25, 0.3) is 0 Å². The first kappa shape index (κ1) is 27.6. The second-order valence-corrected chi connectivity index (χ2v) is 6.70. The van der Waals surface area contributed by atoms with Gasteiger partial charge in [-0.2, -0.15) is 0 Å². The number of carboxylic acids is 1. The topological polar surface area (TPSA) is 196 Å². The van der Waals surface area contributed by atoms with Crippen molar-refractivity contribution in [2.24, 2.45) is 0 Å². The van der Waals surface area contributed by atoms with Gasteiger partial charge in [0.2, 0.25) is 5.91 Å². The number of hydrogen-bond donors (Lipinski definition) is 5. The van der Waals surface area contributed by atoms with Crippen molar-refractivity contribution in [3.63, 3.8) is 0 Å². The molecule has 0 bridgehead atoms. The minimum atomic E-state index is -1.79. The van der Waals surface area contributed by atoms with Crippen molar-refractivity contribution >= 4 is 11.9 Å². The van der Waals surface area contributed by atoms with Gasteiger partial charge in [0, 0.05) is 21.1 Å². The predicted molar refractivity (Wildman–Crippen MR) is 87.7 cm³/mol. The van der Waals surface area contributed by atoms with Crippen LogP contribution in [0.2, 0.25) is 0 Å². The fourth-order valence-electron chi connectivity index (χ4n) is 3.38. The van der Waals surface area contributed by atoms with Gasteiger partial charge in [0.15, 0.2) is 12.6 Å². The van der Waals surface area contributed by atoms with Crippen LogP contribution in [0.5, 0.6) is 0 Å². The summed E-state index contributed by atoms with van der Waals surface area (Å²) in [5, 5.41) is 54.2. The third kappa shape index (κ3) is 5.88. The average molecular weight is 447 g/mol. The van der Waals surface area contributed by atoms with Crippen LogP contribution in [-0.2, 0) is 33.3 Å². The van der Waals surface area contributed by atoms with Gasteiger partial charge >= 0.3 is 29.6 Å². The van der Waals surface area contributed by atoms with Gasteiger partial charge in [-0.15, -0.1) is 0 Å². The largest absolute Gasteiger partial charge is 1.00 e. The Hall–Kier alpha value is -0.420. The van der Waals surface area contributed by atoms with Gasteiger partial charge in [0.05, 0.1) is 12.6 Å². The van der Waals surface area contributed by atoms with Gasteiger partial charge < -0.3 is 59.3 Å². The zero-order chi connectivity index (χ0) is 21.9. The van der Waals surface area contributed by atoms with Crippen LogP contribution in [0, 0.1) is 0 Å². The van der Waals surface area contributed by atoms with E-state index in [4.69, 9.17) is 23.7 Å². The number of hydrogen-bond acceptors (Lipinski definition) is 12. The first-order valence-electron chi connectivity index (χ1n) is 8.81. The number of ether oxygens (including phenoxy) is 5. The number of amides is 1. The number of carboxylic acid groups (broad SMARTS) is 1. The zero-order valence-electron chi connectivity index (χ0n) is 17.0. The molecular formula is C16H26NNaO12. The number of aliphatic carboxylic acids is 1. The molecule has 0 aromatic rings. The van der Waals surface area contributed by atoms with Crippen molar-refractivity contribution in [3.8, 4) is 0 Å². The standard InChI is InChI=1S/C16H27NO12.Na/c1-5(19)17-7-11(8(20)6(4-18)27-15(7)26-3)28-16-10(22)9(21)12(25-2)13(29-16)14(23)24;/h6-13,15-16,18,20-22H,4H2,1-3H3,(H,17,19)(H,23,24);/q;+1/p-1. The first-order valence-corrected chi connectivity index (χ1v) is 8.81. The summed E-state index contributed by atoms with van der Waals surface area (Å²) in [6, 6.07) is -1.12. The number of nitrogens with one attached hydrogen (secondary N) is 1. The van der Waals surface area contributed by atoms with Crippen LogP contribution in [0.15, 0.2) is 0 Å². The molecule has 13 nitrogen and oxygen atoms in total. The Morgan fingerprint density at radius 3 is 2.10 bits per heavy atom. The Kier molecular flexibility index (Phi) is 11.0. The predicted octanol–water partition coefficient (Wildman–Crippen LogP) is -8.18. The summed E-state index contributed by atoms with van der Waals surface area (Å²) in [5.74, 6) is -2.24. The van der Waals surface area contributed by atoms with Gasteiger partial charge in [0.25, 0.3) is 0 Å². The first-order chi connectivity index (χ1) is 13.7. The van der Waals surface area contributed by atoms with Crippen molar-refractivity contribution in [1.29, 1.82) is 0 Å². The van der Waals surface area contributed by atoms with Gasteiger partial charge in [-0.1, -0.05) is 0 Å². The normalized spacial score (nSPS) is 41.6. The number of rotatable bonds is 7. The van der Waals surface area contributed by atoms with Crippen LogP contribution in [0.3, 0.4) is 0 Å². The van der Waals surface area contributed by atoms with Crippen molar-refractivity contribution in [2.75, 3.05) is 20.8 Å². The monoisotopic (exact) mass is 447 g/mol. The van der Waals surface area contributed by atoms with E-state index in [9.17, 15) is 35.1 Å². The molecule has 30 heavy (non-hydrogen) atoms. The summed E-state index contributed by atoms with van der Waals surface area (Å²) in [6.07, 6.45) is -13.7. The molecule has 2 aliphatic heterocycles. The molecule has 2 fully saturated rings. The fraction of sp³-hybridized carbons (Fsp3) is 0.875. The molecule has 10 unspecified atom stereocenters. The Labute approximate surface area is 194 Å². The molecule has 168 valence electrons. The van der Waals surface area contributed by atoms with E-state index in [2.05, 4.69) is 5.32 Å². The maximum Gasteiger partial charge on any atom is 1.00 e. The van der Waals surface area contributed by atoms with Crippen LogP contribution < -0.4 is 40.0 Å². The minimum Gasteiger partial charge on any atom is -0.547 e. The molecule has 0 aromatic heterocycles. The van der Waals surface area contributed by atoms with Crippen molar-refractivity contribution in [2.45, 2.75) is 68.3 Å². The molecule has 2 heterocycles. The van der Waals surface area contributed by atoms with Gasteiger partial charge in [-0.05, 0) is 0 Å². The van der Waals surface area contributed by atoms with Crippen molar-refractivity contribution in [1.82, 2.24) is 5.32 Å². The molecule has 0 spiro atoms. The molecule has 2 aliphatic rings. The number of aliphatic hydroxyl groups excluding tert-OH is 4. The van der Waals surface area contributed by atoms with E-state index < -0.39 is 79.8 Å². The maximum atomic E-state index is 11.6. The van der Waals surface area contributed by atoms with E-state index in [0.717, 1.165) is 7.11 Å². The molecule has 0 aliphatic carbocycles. The molecule has 10 atom stereocenters. The summed E-state index contributed by atoms with van der Waals surface area (Å²) >= 11 is 0. The maximum absolute atomic E-state index is 11.6. The molecule has 0 saturated carbocycles. The van der Waals surface area contributed by atoms with E-state index in [0.29, 0.717) is 0 Å². The number of aliphatic hydroxyl groups is 4. The number of carbonyl (C=O) groups is 2. The SMILES string of the molecule is COC1OC(CO)C(O)C(OC2OC(C(=O)[O-])C(OC)C(O)C2O)C1NC(C)=O.[Na+]. The van der Waals surface area contributed by atoms with E-state index in [1.54, 1.807) is 0 Å². The van der Waals surface area contributed by atoms with Crippen LogP contribution in [0.4, 0.5) is 0 Å². The van der Waals surface area contributed by atoms with Gasteiger partial charge in [0.1, 0.15) is 48.8 Å². The second-order valence-electron chi connectivity index (χ2n) is 6.70. The van der Waals surface area contributed by atoms with E-state index in [1.807, 2.05) is 0 Å². The summed E-state index contributed by atoms with van der Waals surface area (Å²) in [4.78, 5) is 22.9. The Bertz CT molecular complexity index is 582. The molecule has 14 heteroatoms. The second kappa shape index (κ2) is 12.0. The third-order valence-corrected chi connectivity index (χ3v) is 4.80. The zero-order valence-corrected chi connectivity index (χ0v) is 19.0. The quantitative estimate of drug-likeness (QED) is 0.232. The molecule has 0 aromatic carbocycles. The van der Waals surface area contributed by atoms with Gasteiger partial charge in [-0.25, -0.2) is 0 Å². The Balaban J connectivity index is 0.00000450. The number of carbonyl (C=O) groups excluding carboxylic acids is 2. The summed E-state index contributed by atoms with van der Waals surface area (Å²) in [6.45, 7) is 0.567. The van der Waals surface area contributed by atoms with Crippen molar-refractivity contribution < 1.29 is 88.4 Å². The summed E-state index contributed by atoms with van der Waals surface area (Å²) in [5.41, 5.74) is 0. The minimum absolute atomic E-state index is 0. The number of methoxy groups -OCH3 is 2. The van der Waals surface area contributed by atoms with Crippen LogP contribution >= 0.6 is 0 Å². The van der Waals surface area contributed by atoms with E-state index in [1.165, 1.54) is 14.0 Å². The molecule has 2 saturated heterocycles. The smallest absolute Gasteiger partial charge is 0.547 e. The molecule has 0 radical (unpaired) electrons. The van der Waals surface area contributed by atoms with E-state index in [-0.39, 0.29) is 29.6 Å². The van der Waals surface area contributed by atoms with Crippen molar-refractivity contribution in [3.05, 3.63) is 0 Å². The van der Waals surface area contributed by atoms with Crippen LogP contribution in [0.1, 0.15) is 6.92 Å². The van der Waals surface area contributed by atoms with E-state index >= 15 is 0 Å². The van der Waals surface area contributed by atoms with Crippen LogP contribution in [-0.4, -0.2) is 114 Å². The van der Waals surface area contributed by atoms with Gasteiger partial charge in [-0.3, -0.25) is 4.79 Å². The molecular weight excluding hydrogens is 421 g/mol. The summed E-state index contributed by atoms with van der Waals surface area (Å²) < 4.78 is 26.1. The molecule has 2 rings (SSSR count). The Morgan fingerprint density at radius 2 is 1.63 bits per heavy atom. The average Bonchev–Trinajstić information content (AvgIpc) is 2.67. The third-order valence-electron chi connectivity index (χ3n) is 4.80. The fourth-order valence-corrected chi connectivity index (χ4v) is 3.38. The molecule has 1 amide bonds. The summed E-state index contributed by atoms with van der Waals surface area (Å²) in [7, 11) is 2.37. The Morgan fingerprint density at radius 1 is 1.00 bits per heavy atom. The molecule has 5 N–H and O–H groups in total.